The van der Waals surface area contributed by atoms with Gasteiger partial charge in [0.05, 0.1) is 24.7 Å². The Labute approximate surface area is 113 Å². The number of rotatable bonds is 8. The zero-order valence-electron chi connectivity index (χ0n) is 11.0. The van der Waals surface area contributed by atoms with Crippen LogP contribution in [0.3, 0.4) is 0 Å². The molecule has 19 heavy (non-hydrogen) atoms. The first kappa shape index (κ1) is 15.9. The second kappa shape index (κ2) is 7.44. The molecule has 6 nitrogen and oxygen atoms in total. The van der Waals surface area contributed by atoms with Crippen molar-refractivity contribution in [1.82, 2.24) is 4.72 Å². The van der Waals surface area contributed by atoms with Gasteiger partial charge in [0, 0.05) is 13.7 Å². The molecule has 1 aromatic carbocycles. The highest BCUT2D eigenvalue weighted by molar-refractivity contribution is 7.89. The van der Waals surface area contributed by atoms with Crippen molar-refractivity contribution in [3.63, 3.8) is 0 Å². The van der Waals surface area contributed by atoms with Crippen molar-refractivity contribution < 1.29 is 23.0 Å². The van der Waals surface area contributed by atoms with Crippen molar-refractivity contribution in [2.75, 3.05) is 27.4 Å². The van der Waals surface area contributed by atoms with E-state index in [2.05, 4.69) is 4.72 Å². The van der Waals surface area contributed by atoms with Crippen molar-refractivity contribution in [3.8, 4) is 5.75 Å². The first-order valence-corrected chi connectivity index (χ1v) is 7.28. The lowest BCUT2D eigenvalue weighted by Gasteiger charge is -2.10. The molecule has 0 aromatic heterocycles. The van der Waals surface area contributed by atoms with E-state index in [9.17, 15) is 13.5 Å². The summed E-state index contributed by atoms with van der Waals surface area (Å²) in [6, 6.07) is 6.09. The Balaban J connectivity index is 2.55. The van der Waals surface area contributed by atoms with Gasteiger partial charge < -0.3 is 14.6 Å². The van der Waals surface area contributed by atoms with Crippen LogP contribution in [-0.2, 0) is 14.8 Å². The molecule has 7 heteroatoms. The van der Waals surface area contributed by atoms with Crippen LogP contribution in [0.4, 0.5) is 0 Å². The number of methoxy groups -OCH3 is 2. The van der Waals surface area contributed by atoms with Crippen LogP contribution in [0.5, 0.6) is 5.75 Å². The van der Waals surface area contributed by atoms with Crippen LogP contribution in [0.1, 0.15) is 6.42 Å². The number of aliphatic hydroxyl groups excluding tert-OH is 1. The van der Waals surface area contributed by atoms with E-state index in [1.807, 2.05) is 0 Å². The fraction of sp³-hybridized carbons (Fsp3) is 0.500. The largest absolute Gasteiger partial charge is 0.497 e. The van der Waals surface area contributed by atoms with E-state index in [1.165, 1.54) is 26.4 Å². The Morgan fingerprint density at radius 3 is 2.42 bits per heavy atom. The van der Waals surface area contributed by atoms with Gasteiger partial charge in [-0.15, -0.1) is 0 Å². The third-order valence-electron chi connectivity index (χ3n) is 2.50. The lowest BCUT2D eigenvalue weighted by molar-refractivity contribution is 0.0603. The van der Waals surface area contributed by atoms with E-state index in [4.69, 9.17) is 9.47 Å². The van der Waals surface area contributed by atoms with Gasteiger partial charge in [-0.2, -0.15) is 0 Å². The van der Waals surface area contributed by atoms with Gasteiger partial charge in [-0.05, 0) is 30.7 Å². The van der Waals surface area contributed by atoms with Gasteiger partial charge >= 0.3 is 0 Å². The van der Waals surface area contributed by atoms with Crippen LogP contribution in [0.2, 0.25) is 0 Å². The Bertz CT molecular complexity index is 471. The molecule has 0 heterocycles. The van der Waals surface area contributed by atoms with Gasteiger partial charge in [0.15, 0.2) is 0 Å². The standard InChI is InChI=1S/C12H19NO5S/c1-17-9-10(14)7-8-13-19(15,16)12-5-3-11(18-2)4-6-12/h3-6,10,13-14H,7-9H2,1-2H3. The van der Waals surface area contributed by atoms with Gasteiger partial charge in [-0.1, -0.05) is 0 Å². The summed E-state index contributed by atoms with van der Waals surface area (Å²) in [5.74, 6) is 0.592. The fourth-order valence-electron chi connectivity index (χ4n) is 1.47. The lowest BCUT2D eigenvalue weighted by Crippen LogP contribution is -2.28. The zero-order chi connectivity index (χ0) is 14.3. The fourth-order valence-corrected chi connectivity index (χ4v) is 2.52. The SMILES string of the molecule is COCC(O)CCNS(=O)(=O)c1ccc(OC)cc1. The highest BCUT2D eigenvalue weighted by Gasteiger charge is 2.14. The predicted octanol–water partition coefficient (Wildman–Crippen LogP) is 0.371. The van der Waals surface area contributed by atoms with Crippen LogP contribution in [0.15, 0.2) is 29.2 Å². The normalized spacial score (nSPS) is 13.2. The molecule has 0 radical (unpaired) electrons. The second-order valence-electron chi connectivity index (χ2n) is 3.97. The van der Waals surface area contributed by atoms with E-state index >= 15 is 0 Å². The summed E-state index contributed by atoms with van der Waals surface area (Å²) in [5.41, 5.74) is 0. The summed E-state index contributed by atoms with van der Waals surface area (Å²) >= 11 is 0. The molecule has 0 aliphatic heterocycles. The maximum atomic E-state index is 11.9. The smallest absolute Gasteiger partial charge is 0.240 e. The summed E-state index contributed by atoms with van der Waals surface area (Å²) in [7, 11) is -0.564. The van der Waals surface area contributed by atoms with Gasteiger partial charge in [-0.3, -0.25) is 0 Å². The van der Waals surface area contributed by atoms with Crippen molar-refractivity contribution in [1.29, 1.82) is 0 Å². The topological polar surface area (TPSA) is 84.9 Å². The number of benzene rings is 1. The maximum Gasteiger partial charge on any atom is 0.240 e. The summed E-state index contributed by atoms with van der Waals surface area (Å²) in [5, 5.41) is 9.41. The van der Waals surface area contributed by atoms with Gasteiger partial charge in [-0.25, -0.2) is 13.1 Å². The van der Waals surface area contributed by atoms with Crippen molar-refractivity contribution in [2.24, 2.45) is 0 Å². The minimum absolute atomic E-state index is 0.152. The summed E-state index contributed by atoms with van der Waals surface area (Å²) < 4.78 is 35.9. The molecule has 1 rings (SSSR count). The zero-order valence-corrected chi connectivity index (χ0v) is 11.8. The highest BCUT2D eigenvalue weighted by atomic mass is 32.2. The van der Waals surface area contributed by atoms with Crippen molar-refractivity contribution in [3.05, 3.63) is 24.3 Å². The number of ether oxygens (including phenoxy) is 2. The minimum Gasteiger partial charge on any atom is -0.497 e. The Morgan fingerprint density at radius 2 is 1.89 bits per heavy atom. The first-order valence-electron chi connectivity index (χ1n) is 5.80. The molecule has 1 aromatic rings. The Morgan fingerprint density at radius 1 is 1.26 bits per heavy atom. The number of hydrogen-bond acceptors (Lipinski definition) is 5. The lowest BCUT2D eigenvalue weighted by atomic mass is 10.3. The number of nitrogens with one attached hydrogen (secondary N) is 1. The van der Waals surface area contributed by atoms with Crippen LogP contribution in [-0.4, -0.2) is 47.0 Å². The summed E-state index contributed by atoms with van der Waals surface area (Å²) in [4.78, 5) is 0.162. The first-order chi connectivity index (χ1) is 8.99. The van der Waals surface area contributed by atoms with Crippen LogP contribution < -0.4 is 9.46 Å². The molecule has 0 fully saturated rings. The molecule has 2 N–H and O–H groups in total. The molecule has 0 amide bonds. The number of sulfonamides is 1. The predicted molar refractivity (Wildman–Crippen MR) is 70.7 cm³/mol. The van der Waals surface area contributed by atoms with Crippen LogP contribution in [0, 0.1) is 0 Å². The average molecular weight is 289 g/mol. The van der Waals surface area contributed by atoms with E-state index in [0.29, 0.717) is 12.2 Å². The molecule has 0 aliphatic carbocycles. The van der Waals surface area contributed by atoms with E-state index in [1.54, 1.807) is 12.1 Å². The van der Waals surface area contributed by atoms with Crippen LogP contribution in [0.25, 0.3) is 0 Å². The third-order valence-corrected chi connectivity index (χ3v) is 3.98. The minimum atomic E-state index is -3.55. The van der Waals surface area contributed by atoms with Gasteiger partial charge in [0.25, 0.3) is 0 Å². The van der Waals surface area contributed by atoms with Gasteiger partial charge in [0.1, 0.15) is 5.75 Å². The van der Waals surface area contributed by atoms with E-state index < -0.39 is 16.1 Å². The molecular weight excluding hydrogens is 270 g/mol. The molecule has 0 saturated carbocycles. The highest BCUT2D eigenvalue weighted by Crippen LogP contribution is 2.15. The van der Waals surface area contributed by atoms with Crippen molar-refractivity contribution in [2.45, 2.75) is 17.4 Å². The number of hydrogen-bond donors (Lipinski definition) is 2. The van der Waals surface area contributed by atoms with Gasteiger partial charge in [0.2, 0.25) is 10.0 Å². The quantitative estimate of drug-likeness (QED) is 0.722. The molecular formula is C12H19NO5S. The van der Waals surface area contributed by atoms with E-state index in [0.717, 1.165) is 0 Å². The maximum absolute atomic E-state index is 11.9. The van der Waals surface area contributed by atoms with Crippen molar-refractivity contribution >= 4 is 10.0 Å². The molecule has 108 valence electrons. The Kier molecular flexibility index (Phi) is 6.23. The Hall–Kier alpha value is -1.15. The molecule has 1 unspecified atom stereocenters. The molecule has 0 spiro atoms. The number of aliphatic hydroxyl groups is 1. The molecule has 0 aliphatic rings. The molecule has 1 atom stereocenters. The monoisotopic (exact) mass is 289 g/mol. The molecule has 0 bridgehead atoms. The summed E-state index contributed by atoms with van der Waals surface area (Å²) in [6.07, 6.45) is -0.382. The summed E-state index contributed by atoms with van der Waals surface area (Å²) in [6.45, 7) is 0.336. The van der Waals surface area contributed by atoms with Crippen LogP contribution >= 0.6 is 0 Å². The van der Waals surface area contributed by atoms with E-state index in [-0.39, 0.29) is 18.0 Å². The molecule has 0 saturated heterocycles. The second-order valence-corrected chi connectivity index (χ2v) is 5.74. The third kappa shape index (κ3) is 5.15. The average Bonchev–Trinajstić information content (AvgIpc) is 2.39.